The van der Waals surface area contributed by atoms with Crippen LogP contribution < -0.4 is 14.8 Å². The van der Waals surface area contributed by atoms with E-state index in [0.29, 0.717) is 40.4 Å². The van der Waals surface area contributed by atoms with Crippen LogP contribution in [-0.4, -0.2) is 72.8 Å². The van der Waals surface area contributed by atoms with Crippen LogP contribution >= 0.6 is 11.6 Å². The number of pyridine rings is 1. The molecule has 0 unspecified atom stereocenters. The number of carboxylic acid groups (broad SMARTS) is 1. The molecule has 0 fully saturated rings. The van der Waals surface area contributed by atoms with Gasteiger partial charge in [0.25, 0.3) is 0 Å². The van der Waals surface area contributed by atoms with Gasteiger partial charge in [-0.15, -0.1) is 5.10 Å². The van der Waals surface area contributed by atoms with E-state index in [0.717, 1.165) is 11.2 Å². The van der Waals surface area contributed by atoms with Gasteiger partial charge in [-0.25, -0.2) is 22.9 Å². The molecule has 0 atom stereocenters. The van der Waals surface area contributed by atoms with Crippen LogP contribution in [0.15, 0.2) is 30.5 Å². The third-order valence-electron chi connectivity index (χ3n) is 4.31. The number of sulfonamides is 1. The van der Waals surface area contributed by atoms with Crippen molar-refractivity contribution in [2.75, 3.05) is 43.5 Å². The minimum atomic E-state index is -3.45. The molecule has 2 heterocycles. The first-order valence-electron chi connectivity index (χ1n) is 8.97. The Hall–Kier alpha value is -3.25. The Balaban J connectivity index is 2.02. The summed E-state index contributed by atoms with van der Waals surface area (Å²) in [5, 5.41) is 17.6. The molecule has 0 radical (unpaired) electrons. The van der Waals surface area contributed by atoms with Gasteiger partial charge in [0.1, 0.15) is 16.6 Å². The highest BCUT2D eigenvalue weighted by Gasteiger charge is 2.17. The van der Waals surface area contributed by atoms with Crippen LogP contribution in [-0.2, 0) is 10.0 Å². The van der Waals surface area contributed by atoms with Crippen LogP contribution in [0.25, 0.3) is 16.6 Å². The monoisotopic (exact) mass is 468 g/mol. The number of amides is 1. The molecule has 13 heteroatoms. The van der Waals surface area contributed by atoms with Gasteiger partial charge in [0.05, 0.1) is 30.0 Å². The molecule has 3 N–H and O–H groups in total. The lowest BCUT2D eigenvalue weighted by molar-refractivity contribution is 0.157. The van der Waals surface area contributed by atoms with Crippen molar-refractivity contribution in [3.05, 3.63) is 35.6 Å². The molecule has 0 saturated carbocycles. The summed E-state index contributed by atoms with van der Waals surface area (Å²) in [6, 6.07) is 6.43. The van der Waals surface area contributed by atoms with Gasteiger partial charge in [-0.1, -0.05) is 11.6 Å². The molecule has 0 aliphatic carbocycles. The number of nitrogens with one attached hydrogen (secondary N) is 2. The van der Waals surface area contributed by atoms with Gasteiger partial charge in [-0.05, 0) is 12.1 Å². The summed E-state index contributed by atoms with van der Waals surface area (Å²) in [6.45, 7) is 0.575. The number of aromatic nitrogens is 3. The van der Waals surface area contributed by atoms with Crippen LogP contribution in [0.3, 0.4) is 0 Å². The molecule has 0 spiro atoms. The maximum atomic E-state index is 11.5. The second-order valence-electron chi connectivity index (χ2n) is 6.68. The lowest BCUT2D eigenvalue weighted by atomic mass is 10.2. The number of fused-ring (bicyclic) bond motifs is 1. The minimum absolute atomic E-state index is 0.250. The number of hydrogen-bond acceptors (Lipinski definition) is 7. The fraction of sp³-hybridized carbons (Fsp3) is 0.278. The molecule has 31 heavy (non-hydrogen) atoms. The van der Waals surface area contributed by atoms with E-state index in [-0.39, 0.29) is 11.7 Å². The predicted octanol–water partition coefficient (Wildman–Crippen LogP) is 2.48. The second kappa shape index (κ2) is 8.86. The van der Waals surface area contributed by atoms with Gasteiger partial charge >= 0.3 is 6.09 Å². The van der Waals surface area contributed by atoms with Crippen LogP contribution in [0.2, 0.25) is 5.15 Å². The zero-order valence-electron chi connectivity index (χ0n) is 17.0. The van der Waals surface area contributed by atoms with Gasteiger partial charge in [-0.2, -0.15) is 0 Å². The number of anilines is 2. The van der Waals surface area contributed by atoms with Crippen molar-refractivity contribution in [3.63, 3.8) is 0 Å². The standard InChI is InChI=1S/C18H21ClN6O5S/c1-24(18(26)27)7-6-20-17-12-10-21-16(19)9-14(12)25(22-17)13-5-4-11(8-15(13)30-2)23-31(3,28)29/h4-5,8-10,23H,6-7H2,1-3H3,(H,20,22)(H,26,27). The average Bonchev–Trinajstić information content (AvgIpc) is 3.04. The zero-order valence-corrected chi connectivity index (χ0v) is 18.5. The lowest BCUT2D eigenvalue weighted by Crippen LogP contribution is -2.29. The summed E-state index contributed by atoms with van der Waals surface area (Å²) in [7, 11) is -0.515. The third-order valence-corrected chi connectivity index (χ3v) is 5.12. The Morgan fingerprint density at radius 2 is 2.10 bits per heavy atom. The molecule has 0 aliphatic rings. The van der Waals surface area contributed by atoms with E-state index >= 15 is 0 Å². The van der Waals surface area contributed by atoms with Gasteiger partial charge in [0.2, 0.25) is 10.0 Å². The van der Waals surface area contributed by atoms with E-state index in [2.05, 4.69) is 20.1 Å². The van der Waals surface area contributed by atoms with Crippen molar-refractivity contribution in [1.82, 2.24) is 19.7 Å². The summed E-state index contributed by atoms with van der Waals surface area (Å²) in [5.74, 6) is 0.862. The summed E-state index contributed by atoms with van der Waals surface area (Å²) < 4.78 is 32.5. The summed E-state index contributed by atoms with van der Waals surface area (Å²) >= 11 is 6.09. The highest BCUT2D eigenvalue weighted by molar-refractivity contribution is 7.92. The molecule has 1 aromatic carbocycles. The quantitative estimate of drug-likeness (QED) is 0.428. The molecule has 11 nitrogen and oxygen atoms in total. The fourth-order valence-corrected chi connectivity index (χ4v) is 3.57. The lowest BCUT2D eigenvalue weighted by Gasteiger charge is -2.13. The molecule has 0 saturated heterocycles. The van der Waals surface area contributed by atoms with Crippen molar-refractivity contribution in [1.29, 1.82) is 0 Å². The van der Waals surface area contributed by atoms with Crippen molar-refractivity contribution in [2.45, 2.75) is 0 Å². The normalized spacial score (nSPS) is 11.4. The first-order valence-corrected chi connectivity index (χ1v) is 11.2. The first-order chi connectivity index (χ1) is 14.6. The second-order valence-corrected chi connectivity index (χ2v) is 8.81. The molecule has 1 amide bonds. The smallest absolute Gasteiger partial charge is 0.407 e. The topological polar surface area (TPSA) is 139 Å². The number of benzene rings is 1. The van der Waals surface area contributed by atoms with E-state index in [9.17, 15) is 13.2 Å². The third kappa shape index (κ3) is 5.27. The van der Waals surface area contributed by atoms with Crippen LogP contribution in [0, 0.1) is 0 Å². The van der Waals surface area contributed by atoms with E-state index in [1.165, 1.54) is 14.2 Å². The van der Waals surface area contributed by atoms with Crippen LogP contribution in [0.4, 0.5) is 16.3 Å². The molecular formula is C18H21ClN6O5S. The van der Waals surface area contributed by atoms with Gasteiger partial charge < -0.3 is 20.1 Å². The minimum Gasteiger partial charge on any atom is -0.494 e. The number of carbonyl (C=O) groups is 1. The Morgan fingerprint density at radius 3 is 2.74 bits per heavy atom. The van der Waals surface area contributed by atoms with Crippen LogP contribution in [0.5, 0.6) is 5.75 Å². The van der Waals surface area contributed by atoms with Crippen molar-refractivity contribution < 1.29 is 23.1 Å². The molecule has 3 aromatic rings. The van der Waals surface area contributed by atoms with E-state index in [1.54, 1.807) is 35.1 Å². The highest BCUT2D eigenvalue weighted by Crippen LogP contribution is 2.32. The zero-order chi connectivity index (χ0) is 22.8. The fourth-order valence-electron chi connectivity index (χ4n) is 2.87. The Labute approximate surface area is 183 Å². The molecule has 2 aromatic heterocycles. The molecule has 166 valence electrons. The number of methoxy groups -OCH3 is 1. The number of halogens is 1. The molecule has 3 rings (SSSR count). The molecule has 0 bridgehead atoms. The predicted molar refractivity (Wildman–Crippen MR) is 118 cm³/mol. The maximum Gasteiger partial charge on any atom is 0.407 e. The SMILES string of the molecule is COc1cc(NS(C)(=O)=O)ccc1-n1nc(NCCN(C)C(=O)O)c2cnc(Cl)cc21. The van der Waals surface area contributed by atoms with E-state index < -0.39 is 16.1 Å². The van der Waals surface area contributed by atoms with Gasteiger partial charge in [0.15, 0.2) is 5.82 Å². The summed E-state index contributed by atoms with van der Waals surface area (Å²) in [4.78, 5) is 16.2. The number of likely N-dealkylation sites (N-methyl/N-ethyl adjacent to an activating group) is 1. The van der Waals surface area contributed by atoms with Crippen LogP contribution in [0.1, 0.15) is 0 Å². The number of rotatable bonds is 8. The molecular weight excluding hydrogens is 448 g/mol. The van der Waals surface area contributed by atoms with Gasteiger partial charge in [0, 0.05) is 38.5 Å². The van der Waals surface area contributed by atoms with Crippen molar-refractivity contribution >= 4 is 50.1 Å². The maximum absolute atomic E-state index is 11.5. The first kappa shape index (κ1) is 22.4. The summed E-state index contributed by atoms with van der Waals surface area (Å²) in [5.41, 5.74) is 1.52. The van der Waals surface area contributed by atoms with E-state index in [1.807, 2.05) is 0 Å². The van der Waals surface area contributed by atoms with Crippen molar-refractivity contribution in [3.8, 4) is 11.4 Å². The number of nitrogens with zero attached hydrogens (tertiary/aromatic N) is 4. The summed E-state index contributed by atoms with van der Waals surface area (Å²) in [6.07, 6.45) is 1.60. The Bertz CT molecular complexity index is 1230. The largest absolute Gasteiger partial charge is 0.494 e. The number of hydrogen-bond donors (Lipinski definition) is 3. The Morgan fingerprint density at radius 1 is 1.35 bits per heavy atom. The van der Waals surface area contributed by atoms with Crippen molar-refractivity contribution in [2.24, 2.45) is 0 Å². The number of ether oxygens (including phenoxy) is 1. The van der Waals surface area contributed by atoms with Gasteiger partial charge in [-0.3, -0.25) is 4.72 Å². The Kier molecular flexibility index (Phi) is 6.41. The highest BCUT2D eigenvalue weighted by atomic mass is 35.5. The molecule has 0 aliphatic heterocycles. The average molecular weight is 469 g/mol. The van der Waals surface area contributed by atoms with E-state index in [4.69, 9.17) is 21.4 Å².